The number of aromatic nitrogens is 1. The van der Waals surface area contributed by atoms with Crippen LogP contribution in [0.5, 0.6) is 0 Å². The van der Waals surface area contributed by atoms with Crippen molar-refractivity contribution in [3.05, 3.63) is 48.8 Å². The number of benzene rings is 1. The van der Waals surface area contributed by atoms with Gasteiger partial charge in [0.25, 0.3) is 0 Å². The van der Waals surface area contributed by atoms with Crippen molar-refractivity contribution in [1.29, 1.82) is 0 Å². The summed E-state index contributed by atoms with van der Waals surface area (Å²) in [5.74, 6) is -0.213. The Morgan fingerprint density at radius 2 is 1.78 bits per heavy atom. The first-order valence-electron chi connectivity index (χ1n) is 7.70. The summed E-state index contributed by atoms with van der Waals surface area (Å²) in [6.45, 7) is 4.24. The van der Waals surface area contributed by atoms with Gasteiger partial charge in [-0.15, -0.1) is 0 Å². The molecule has 118 valence electrons. The Bertz CT molecular complexity index is 756. The van der Waals surface area contributed by atoms with Gasteiger partial charge in [0.2, 0.25) is 5.91 Å². The molecule has 0 aliphatic carbocycles. The quantitative estimate of drug-likeness (QED) is 0.814. The van der Waals surface area contributed by atoms with Crippen LogP contribution in [0.25, 0.3) is 10.8 Å². The standard InChI is InChI=1S/C18H19N3O2/c1-14(22)6-7-18(23)21-10-8-20(9-11-21)17-13-19-12-15-4-2-3-5-16(15)17/h2-7,12-13H,8-11H2,1H3. The highest BCUT2D eigenvalue weighted by Gasteiger charge is 2.21. The highest BCUT2D eigenvalue weighted by Crippen LogP contribution is 2.26. The first-order valence-corrected chi connectivity index (χ1v) is 7.70. The van der Waals surface area contributed by atoms with Crippen LogP contribution in [0.3, 0.4) is 0 Å². The molecule has 1 aromatic heterocycles. The minimum Gasteiger partial charge on any atom is -0.366 e. The number of carbonyl (C=O) groups excluding carboxylic acids is 2. The topological polar surface area (TPSA) is 53.5 Å². The molecule has 1 aliphatic heterocycles. The molecule has 2 heterocycles. The summed E-state index contributed by atoms with van der Waals surface area (Å²) in [6.07, 6.45) is 6.43. The van der Waals surface area contributed by atoms with E-state index in [1.165, 1.54) is 24.5 Å². The average molecular weight is 309 g/mol. The number of ketones is 1. The van der Waals surface area contributed by atoms with Crippen molar-refractivity contribution >= 4 is 28.2 Å². The van der Waals surface area contributed by atoms with E-state index in [4.69, 9.17) is 0 Å². The van der Waals surface area contributed by atoms with Crippen LogP contribution in [0.2, 0.25) is 0 Å². The minimum atomic E-state index is -0.112. The number of fused-ring (bicyclic) bond motifs is 1. The molecule has 0 saturated carbocycles. The van der Waals surface area contributed by atoms with Gasteiger partial charge in [0.15, 0.2) is 5.78 Å². The third-order valence-electron chi connectivity index (χ3n) is 4.04. The van der Waals surface area contributed by atoms with Crippen molar-refractivity contribution in [3.63, 3.8) is 0 Å². The molecule has 0 radical (unpaired) electrons. The Morgan fingerprint density at radius 1 is 1.04 bits per heavy atom. The summed E-state index contributed by atoms with van der Waals surface area (Å²) >= 11 is 0. The van der Waals surface area contributed by atoms with Crippen LogP contribution < -0.4 is 4.90 Å². The fraction of sp³-hybridized carbons (Fsp3) is 0.278. The second-order valence-corrected chi connectivity index (χ2v) is 5.64. The lowest BCUT2D eigenvalue weighted by Crippen LogP contribution is -2.48. The van der Waals surface area contributed by atoms with E-state index in [9.17, 15) is 9.59 Å². The summed E-state index contributed by atoms with van der Waals surface area (Å²) in [5.41, 5.74) is 1.11. The summed E-state index contributed by atoms with van der Waals surface area (Å²) < 4.78 is 0. The molecule has 0 bridgehead atoms. The molecule has 0 N–H and O–H groups in total. The Hall–Kier alpha value is -2.69. The van der Waals surface area contributed by atoms with E-state index in [1.54, 1.807) is 4.90 Å². The van der Waals surface area contributed by atoms with Gasteiger partial charge in [-0.2, -0.15) is 0 Å². The molecule has 0 spiro atoms. The smallest absolute Gasteiger partial charge is 0.246 e. The molecule has 1 amide bonds. The second-order valence-electron chi connectivity index (χ2n) is 5.64. The van der Waals surface area contributed by atoms with Gasteiger partial charge in [-0.25, -0.2) is 0 Å². The summed E-state index contributed by atoms with van der Waals surface area (Å²) in [6, 6.07) is 8.18. The molecule has 0 atom stereocenters. The number of hydrogen-bond acceptors (Lipinski definition) is 4. The van der Waals surface area contributed by atoms with Crippen LogP contribution in [0, 0.1) is 0 Å². The maximum Gasteiger partial charge on any atom is 0.246 e. The van der Waals surface area contributed by atoms with Gasteiger partial charge in [-0.05, 0) is 13.0 Å². The summed E-state index contributed by atoms with van der Waals surface area (Å²) in [5, 5.41) is 2.30. The molecule has 3 rings (SSSR count). The zero-order valence-electron chi connectivity index (χ0n) is 13.1. The third-order valence-corrected chi connectivity index (χ3v) is 4.04. The highest BCUT2D eigenvalue weighted by atomic mass is 16.2. The van der Waals surface area contributed by atoms with Crippen molar-refractivity contribution in [1.82, 2.24) is 9.88 Å². The van der Waals surface area contributed by atoms with Crippen LogP contribution >= 0.6 is 0 Å². The molecule has 1 aromatic carbocycles. The lowest BCUT2D eigenvalue weighted by molar-refractivity contribution is -0.126. The van der Waals surface area contributed by atoms with E-state index in [-0.39, 0.29) is 11.7 Å². The number of amides is 1. The van der Waals surface area contributed by atoms with Crippen molar-refractivity contribution in [2.24, 2.45) is 0 Å². The fourth-order valence-corrected chi connectivity index (χ4v) is 2.81. The van der Waals surface area contributed by atoms with Crippen molar-refractivity contribution < 1.29 is 9.59 Å². The zero-order valence-corrected chi connectivity index (χ0v) is 13.1. The number of carbonyl (C=O) groups is 2. The van der Waals surface area contributed by atoms with Crippen molar-refractivity contribution in [2.75, 3.05) is 31.1 Å². The maximum absolute atomic E-state index is 12.0. The molecular weight excluding hydrogens is 290 g/mol. The van der Waals surface area contributed by atoms with Gasteiger partial charge in [0.05, 0.1) is 11.9 Å². The highest BCUT2D eigenvalue weighted by molar-refractivity contribution is 5.97. The average Bonchev–Trinajstić information content (AvgIpc) is 2.59. The van der Waals surface area contributed by atoms with Gasteiger partial charge in [-0.1, -0.05) is 24.3 Å². The van der Waals surface area contributed by atoms with Gasteiger partial charge in [0.1, 0.15) is 0 Å². The minimum absolute atomic E-state index is 0.101. The van der Waals surface area contributed by atoms with Gasteiger partial charge < -0.3 is 9.80 Å². The first-order chi connectivity index (χ1) is 11.1. The SMILES string of the molecule is CC(=O)C=CC(=O)N1CCN(c2cncc3ccccc23)CC1. The first kappa shape index (κ1) is 15.2. The van der Waals surface area contributed by atoms with Gasteiger partial charge in [-0.3, -0.25) is 14.6 Å². The number of hydrogen-bond donors (Lipinski definition) is 0. The molecule has 2 aromatic rings. The lowest BCUT2D eigenvalue weighted by Gasteiger charge is -2.36. The van der Waals surface area contributed by atoms with E-state index in [0.29, 0.717) is 13.1 Å². The monoisotopic (exact) mass is 309 g/mol. The predicted molar refractivity (Wildman–Crippen MR) is 90.4 cm³/mol. The summed E-state index contributed by atoms with van der Waals surface area (Å²) in [4.78, 5) is 31.3. The number of nitrogens with zero attached hydrogens (tertiary/aromatic N) is 3. The van der Waals surface area contributed by atoms with Gasteiger partial charge >= 0.3 is 0 Å². The zero-order chi connectivity index (χ0) is 16.2. The predicted octanol–water partition coefficient (Wildman–Crippen LogP) is 2.03. The summed E-state index contributed by atoms with van der Waals surface area (Å²) in [7, 11) is 0. The fourth-order valence-electron chi connectivity index (χ4n) is 2.81. The van der Waals surface area contributed by atoms with Crippen LogP contribution in [0.4, 0.5) is 5.69 Å². The van der Waals surface area contributed by atoms with E-state index in [2.05, 4.69) is 22.0 Å². The lowest BCUT2D eigenvalue weighted by atomic mass is 10.1. The molecule has 1 aliphatic rings. The number of rotatable bonds is 3. The van der Waals surface area contributed by atoms with Crippen LogP contribution in [0.15, 0.2) is 48.8 Å². The molecule has 0 unspecified atom stereocenters. The Morgan fingerprint density at radius 3 is 2.52 bits per heavy atom. The number of allylic oxidation sites excluding steroid dienone is 1. The van der Waals surface area contributed by atoms with E-state index < -0.39 is 0 Å². The largest absolute Gasteiger partial charge is 0.366 e. The maximum atomic E-state index is 12.0. The van der Waals surface area contributed by atoms with E-state index in [0.717, 1.165) is 24.2 Å². The van der Waals surface area contributed by atoms with E-state index in [1.807, 2.05) is 24.5 Å². The molecule has 5 nitrogen and oxygen atoms in total. The number of anilines is 1. The van der Waals surface area contributed by atoms with E-state index >= 15 is 0 Å². The normalized spacial score (nSPS) is 15.3. The van der Waals surface area contributed by atoms with Crippen molar-refractivity contribution in [2.45, 2.75) is 6.92 Å². The number of pyridine rings is 1. The molecule has 23 heavy (non-hydrogen) atoms. The number of piperazine rings is 1. The Balaban J connectivity index is 1.71. The Kier molecular flexibility index (Phi) is 4.37. The molecular formula is C18H19N3O2. The van der Waals surface area contributed by atoms with Crippen LogP contribution in [-0.2, 0) is 9.59 Å². The van der Waals surface area contributed by atoms with Crippen molar-refractivity contribution in [3.8, 4) is 0 Å². The Labute approximate surface area is 135 Å². The van der Waals surface area contributed by atoms with Crippen LogP contribution in [0.1, 0.15) is 6.92 Å². The van der Waals surface area contributed by atoms with Crippen LogP contribution in [-0.4, -0.2) is 47.8 Å². The second kappa shape index (κ2) is 6.60. The third kappa shape index (κ3) is 3.39. The molecule has 5 heteroatoms. The van der Waals surface area contributed by atoms with Gasteiger partial charge in [0, 0.05) is 49.2 Å². The molecule has 1 saturated heterocycles. The molecule has 1 fully saturated rings.